The van der Waals surface area contributed by atoms with Crippen molar-refractivity contribution < 1.29 is 0 Å². The number of allylic oxidation sites excluding steroid dienone is 4. The molecule has 2 rings (SSSR count). The Morgan fingerprint density at radius 2 is 1.85 bits per heavy atom. The summed E-state index contributed by atoms with van der Waals surface area (Å²) in [6.07, 6.45) is 9.95. The van der Waals surface area contributed by atoms with E-state index in [1.807, 2.05) is 0 Å². The van der Waals surface area contributed by atoms with Crippen LogP contribution in [0.3, 0.4) is 0 Å². The lowest BCUT2D eigenvalue weighted by Crippen LogP contribution is -1.86. The van der Waals surface area contributed by atoms with Gasteiger partial charge in [0.05, 0.1) is 0 Å². The Morgan fingerprint density at radius 1 is 1.08 bits per heavy atom. The highest BCUT2D eigenvalue weighted by Crippen LogP contribution is 2.20. The first kappa shape index (κ1) is 8.31. The fourth-order valence-corrected chi connectivity index (χ4v) is 1.49. The standard InChI is InChI=1S/C13H13/c1-11-7-9-13(10-8-11)12-5-3-2-4-6-12/h3,6-10H,2,4H2,1H3. The molecule has 0 unspecified atom stereocenters. The third kappa shape index (κ3) is 1.89. The summed E-state index contributed by atoms with van der Waals surface area (Å²) < 4.78 is 0. The summed E-state index contributed by atoms with van der Waals surface area (Å²) in [6, 6.07) is 8.61. The minimum absolute atomic E-state index is 1.13. The number of hydrogen-bond acceptors (Lipinski definition) is 0. The molecule has 0 aliphatic heterocycles. The zero-order chi connectivity index (χ0) is 9.10. The Balaban J connectivity index is 2.30. The predicted molar refractivity (Wildman–Crippen MR) is 56.2 cm³/mol. The third-order valence-corrected chi connectivity index (χ3v) is 2.28. The lowest BCUT2D eigenvalue weighted by Gasteiger charge is -2.06. The van der Waals surface area contributed by atoms with E-state index in [4.69, 9.17) is 0 Å². The van der Waals surface area contributed by atoms with Gasteiger partial charge >= 0.3 is 0 Å². The van der Waals surface area contributed by atoms with Crippen molar-refractivity contribution in [2.75, 3.05) is 0 Å². The van der Waals surface area contributed by atoms with E-state index in [1.165, 1.54) is 16.7 Å². The van der Waals surface area contributed by atoms with E-state index < -0.39 is 0 Å². The van der Waals surface area contributed by atoms with Crippen LogP contribution in [0, 0.1) is 13.0 Å². The maximum Gasteiger partial charge on any atom is -0.0146 e. The molecule has 0 spiro atoms. The summed E-state index contributed by atoms with van der Waals surface area (Å²) in [5.41, 5.74) is 3.83. The fourth-order valence-electron chi connectivity index (χ4n) is 1.49. The van der Waals surface area contributed by atoms with Gasteiger partial charge < -0.3 is 0 Å². The second-order valence-corrected chi connectivity index (χ2v) is 3.41. The highest BCUT2D eigenvalue weighted by atomic mass is 14.0. The van der Waals surface area contributed by atoms with E-state index in [0.717, 1.165) is 12.8 Å². The van der Waals surface area contributed by atoms with Crippen LogP contribution in [0.25, 0.3) is 5.57 Å². The van der Waals surface area contributed by atoms with Crippen molar-refractivity contribution >= 4 is 5.57 Å². The number of rotatable bonds is 1. The third-order valence-electron chi connectivity index (χ3n) is 2.28. The highest BCUT2D eigenvalue weighted by Gasteiger charge is 2.00. The monoisotopic (exact) mass is 169 g/mol. The fraction of sp³-hybridized carbons (Fsp3) is 0.231. The highest BCUT2D eigenvalue weighted by molar-refractivity contribution is 5.71. The van der Waals surface area contributed by atoms with E-state index >= 15 is 0 Å². The summed E-state index contributed by atoms with van der Waals surface area (Å²) in [7, 11) is 0. The van der Waals surface area contributed by atoms with Gasteiger partial charge in [-0.15, -0.1) is 0 Å². The van der Waals surface area contributed by atoms with E-state index in [-0.39, 0.29) is 0 Å². The Morgan fingerprint density at radius 3 is 2.46 bits per heavy atom. The van der Waals surface area contributed by atoms with Crippen molar-refractivity contribution in [2.45, 2.75) is 19.8 Å². The first-order valence-electron chi connectivity index (χ1n) is 4.72. The second kappa shape index (κ2) is 3.61. The van der Waals surface area contributed by atoms with Crippen LogP contribution in [0.1, 0.15) is 24.0 Å². The van der Waals surface area contributed by atoms with Crippen molar-refractivity contribution in [3.05, 3.63) is 53.6 Å². The quantitative estimate of drug-likeness (QED) is 0.603. The van der Waals surface area contributed by atoms with Crippen LogP contribution in [0.4, 0.5) is 0 Å². The molecule has 1 aliphatic carbocycles. The average molecular weight is 169 g/mol. The summed E-state index contributed by atoms with van der Waals surface area (Å²) >= 11 is 0. The molecule has 0 amide bonds. The smallest absolute Gasteiger partial charge is 0.0146 e. The van der Waals surface area contributed by atoms with Crippen molar-refractivity contribution in [1.29, 1.82) is 0 Å². The Labute approximate surface area is 79.6 Å². The lowest BCUT2D eigenvalue weighted by atomic mass is 9.99. The first-order valence-corrected chi connectivity index (χ1v) is 4.72. The number of aryl methyl sites for hydroxylation is 1. The van der Waals surface area contributed by atoms with Crippen molar-refractivity contribution in [3.8, 4) is 0 Å². The Kier molecular flexibility index (Phi) is 2.31. The number of hydrogen-bond donors (Lipinski definition) is 0. The van der Waals surface area contributed by atoms with Crippen LogP contribution in [0.5, 0.6) is 0 Å². The molecule has 0 atom stereocenters. The molecule has 0 bridgehead atoms. The molecular weight excluding hydrogens is 156 g/mol. The summed E-state index contributed by atoms with van der Waals surface area (Å²) in [5, 5.41) is 0. The molecule has 0 nitrogen and oxygen atoms in total. The molecule has 0 saturated carbocycles. The van der Waals surface area contributed by atoms with Crippen LogP contribution < -0.4 is 0 Å². The topological polar surface area (TPSA) is 0 Å². The molecule has 0 fully saturated rings. The molecule has 0 N–H and O–H groups in total. The molecule has 65 valence electrons. The average Bonchev–Trinajstić information content (AvgIpc) is 2.20. The van der Waals surface area contributed by atoms with Gasteiger partial charge in [-0.1, -0.05) is 42.0 Å². The zero-order valence-electron chi connectivity index (χ0n) is 7.88. The van der Waals surface area contributed by atoms with Crippen LogP contribution in [0.15, 0.2) is 36.4 Å². The summed E-state index contributed by atoms with van der Waals surface area (Å²) in [4.78, 5) is 0. The molecule has 0 heteroatoms. The van der Waals surface area contributed by atoms with Gasteiger partial charge in [0, 0.05) is 0 Å². The predicted octanol–water partition coefficient (Wildman–Crippen LogP) is 3.53. The minimum atomic E-state index is 1.13. The van der Waals surface area contributed by atoms with E-state index in [9.17, 15) is 0 Å². The maximum absolute atomic E-state index is 3.29. The van der Waals surface area contributed by atoms with Gasteiger partial charge in [0.2, 0.25) is 0 Å². The van der Waals surface area contributed by atoms with Gasteiger partial charge in [0.25, 0.3) is 0 Å². The summed E-state index contributed by atoms with van der Waals surface area (Å²) in [6.45, 7) is 2.11. The van der Waals surface area contributed by atoms with Gasteiger partial charge in [-0.25, -0.2) is 0 Å². The van der Waals surface area contributed by atoms with Gasteiger partial charge in [-0.05, 0) is 37.0 Å². The van der Waals surface area contributed by atoms with Gasteiger partial charge in [0.15, 0.2) is 0 Å². The van der Waals surface area contributed by atoms with Gasteiger partial charge in [-0.3, -0.25) is 0 Å². The second-order valence-electron chi connectivity index (χ2n) is 3.41. The van der Waals surface area contributed by atoms with Crippen LogP contribution in [0.2, 0.25) is 0 Å². The SMILES string of the molecule is Cc1ccc(C2=CCCC=[C]2)cc1. The van der Waals surface area contributed by atoms with E-state index in [2.05, 4.69) is 49.4 Å². The van der Waals surface area contributed by atoms with Crippen LogP contribution in [-0.2, 0) is 0 Å². The molecule has 13 heavy (non-hydrogen) atoms. The molecule has 1 aliphatic rings. The maximum atomic E-state index is 3.29. The normalized spacial score (nSPS) is 15.6. The van der Waals surface area contributed by atoms with Gasteiger partial charge in [0.1, 0.15) is 0 Å². The van der Waals surface area contributed by atoms with Crippen LogP contribution in [-0.4, -0.2) is 0 Å². The van der Waals surface area contributed by atoms with Gasteiger partial charge in [-0.2, -0.15) is 0 Å². The molecule has 1 aromatic rings. The van der Waals surface area contributed by atoms with Crippen molar-refractivity contribution in [3.63, 3.8) is 0 Å². The largest absolute Gasteiger partial charge is 0.0757 e. The number of benzene rings is 1. The van der Waals surface area contributed by atoms with E-state index in [1.54, 1.807) is 0 Å². The molecule has 0 heterocycles. The zero-order valence-corrected chi connectivity index (χ0v) is 7.88. The van der Waals surface area contributed by atoms with E-state index in [0.29, 0.717) is 0 Å². The molecule has 0 saturated heterocycles. The Bertz CT molecular complexity index is 339. The van der Waals surface area contributed by atoms with Crippen LogP contribution >= 0.6 is 0 Å². The molecule has 1 aromatic carbocycles. The summed E-state index contributed by atoms with van der Waals surface area (Å²) in [5.74, 6) is 0. The molecule has 1 radical (unpaired) electrons. The lowest BCUT2D eigenvalue weighted by molar-refractivity contribution is 1.03. The Hall–Kier alpha value is -1.30. The molecule has 0 aromatic heterocycles. The van der Waals surface area contributed by atoms with Crippen molar-refractivity contribution in [1.82, 2.24) is 0 Å². The van der Waals surface area contributed by atoms with Crippen molar-refractivity contribution in [2.24, 2.45) is 0 Å². The molecular formula is C13H13. The minimum Gasteiger partial charge on any atom is -0.0757 e. The first-order chi connectivity index (χ1) is 6.36.